The fourth-order valence-electron chi connectivity index (χ4n) is 1.62. The molecule has 0 rings (SSSR count). The summed E-state index contributed by atoms with van der Waals surface area (Å²) in [5.41, 5.74) is 0. The largest absolute Gasteiger partial charge is 0.342 e. The number of hydrogen-bond donors (Lipinski definition) is 0. The fourth-order valence-corrected chi connectivity index (χ4v) is 1.62. The summed E-state index contributed by atoms with van der Waals surface area (Å²) < 4.78 is 0. The molecule has 0 radical (unpaired) electrons. The van der Waals surface area contributed by atoms with Crippen molar-refractivity contribution in [2.24, 2.45) is 5.92 Å². The molecule has 15 heavy (non-hydrogen) atoms. The van der Waals surface area contributed by atoms with Gasteiger partial charge in [-0.3, -0.25) is 4.79 Å². The molecule has 0 aliphatic rings. The molecule has 0 saturated heterocycles. The van der Waals surface area contributed by atoms with E-state index in [-0.39, 0.29) is 5.91 Å². The maximum atomic E-state index is 11.9. The van der Waals surface area contributed by atoms with Gasteiger partial charge in [-0.15, -0.1) is 0 Å². The van der Waals surface area contributed by atoms with Crippen molar-refractivity contribution in [2.45, 2.75) is 46.5 Å². The Bertz CT molecular complexity index is 214. The van der Waals surface area contributed by atoms with Crippen LogP contribution in [0.5, 0.6) is 0 Å². The van der Waals surface area contributed by atoms with Crippen LogP contribution >= 0.6 is 0 Å². The van der Waals surface area contributed by atoms with Gasteiger partial charge < -0.3 is 4.90 Å². The molecule has 1 unspecified atom stereocenters. The molecule has 86 valence electrons. The molecule has 0 spiro atoms. The molecule has 0 heterocycles. The van der Waals surface area contributed by atoms with Crippen molar-refractivity contribution in [1.29, 1.82) is 5.26 Å². The number of amides is 1. The van der Waals surface area contributed by atoms with E-state index in [1.807, 2.05) is 11.8 Å². The van der Waals surface area contributed by atoms with Gasteiger partial charge in [0.05, 0.1) is 6.07 Å². The van der Waals surface area contributed by atoms with Crippen LogP contribution in [0.4, 0.5) is 0 Å². The second-order valence-corrected chi connectivity index (χ2v) is 3.80. The number of nitrogens with zero attached hydrogens (tertiary/aromatic N) is 2. The maximum Gasteiger partial charge on any atom is 0.239 e. The van der Waals surface area contributed by atoms with Crippen LogP contribution < -0.4 is 0 Å². The molecule has 0 fully saturated rings. The quantitative estimate of drug-likeness (QED) is 0.648. The van der Waals surface area contributed by atoms with Crippen molar-refractivity contribution in [3.05, 3.63) is 0 Å². The zero-order valence-corrected chi connectivity index (χ0v) is 10.1. The topological polar surface area (TPSA) is 44.1 Å². The van der Waals surface area contributed by atoms with Crippen molar-refractivity contribution in [3.63, 3.8) is 0 Å². The van der Waals surface area contributed by atoms with Gasteiger partial charge in [-0.25, -0.2) is 0 Å². The van der Waals surface area contributed by atoms with Crippen LogP contribution in [0.15, 0.2) is 0 Å². The molecule has 0 aliphatic heterocycles. The van der Waals surface area contributed by atoms with E-state index in [2.05, 4.69) is 19.9 Å². The molecule has 3 heteroatoms. The van der Waals surface area contributed by atoms with E-state index >= 15 is 0 Å². The second-order valence-electron chi connectivity index (χ2n) is 3.80. The van der Waals surface area contributed by atoms with Crippen molar-refractivity contribution >= 4 is 5.91 Å². The third-order valence-corrected chi connectivity index (χ3v) is 2.33. The SMILES string of the molecule is CCCC(C#N)C(=O)N(CCC)CCC. The minimum atomic E-state index is -0.437. The predicted octanol–water partition coefficient (Wildman–Crippen LogP) is 2.57. The normalized spacial score (nSPS) is 11.9. The Hall–Kier alpha value is -1.04. The minimum Gasteiger partial charge on any atom is -0.342 e. The molecule has 3 nitrogen and oxygen atoms in total. The van der Waals surface area contributed by atoms with Gasteiger partial charge >= 0.3 is 0 Å². The highest BCUT2D eigenvalue weighted by Gasteiger charge is 2.21. The summed E-state index contributed by atoms with van der Waals surface area (Å²) in [5, 5.41) is 8.92. The first-order chi connectivity index (χ1) is 7.21. The van der Waals surface area contributed by atoms with Crippen LogP contribution in [-0.2, 0) is 4.79 Å². The van der Waals surface area contributed by atoms with E-state index < -0.39 is 5.92 Å². The van der Waals surface area contributed by atoms with Crippen LogP contribution in [0.2, 0.25) is 0 Å². The highest BCUT2D eigenvalue weighted by atomic mass is 16.2. The van der Waals surface area contributed by atoms with Crippen molar-refractivity contribution in [2.75, 3.05) is 13.1 Å². The van der Waals surface area contributed by atoms with Gasteiger partial charge in [-0.2, -0.15) is 5.26 Å². The zero-order chi connectivity index (χ0) is 11.7. The van der Waals surface area contributed by atoms with Crippen LogP contribution in [-0.4, -0.2) is 23.9 Å². The predicted molar refractivity (Wildman–Crippen MR) is 61.2 cm³/mol. The lowest BCUT2D eigenvalue weighted by Gasteiger charge is -2.23. The van der Waals surface area contributed by atoms with Crippen LogP contribution in [0.3, 0.4) is 0 Å². The lowest BCUT2D eigenvalue weighted by atomic mass is 10.0. The standard InChI is InChI=1S/C12H22N2O/c1-4-7-11(10-13)12(15)14(8-5-2)9-6-3/h11H,4-9H2,1-3H3. The summed E-state index contributed by atoms with van der Waals surface area (Å²) in [6.07, 6.45) is 3.47. The van der Waals surface area contributed by atoms with Crippen LogP contribution in [0.25, 0.3) is 0 Å². The number of carbonyl (C=O) groups is 1. The second kappa shape index (κ2) is 8.28. The van der Waals surface area contributed by atoms with E-state index in [0.717, 1.165) is 32.4 Å². The smallest absolute Gasteiger partial charge is 0.239 e. The van der Waals surface area contributed by atoms with Crippen molar-refractivity contribution < 1.29 is 4.79 Å². The highest BCUT2D eigenvalue weighted by Crippen LogP contribution is 2.10. The first kappa shape index (κ1) is 14.0. The molecule has 0 bridgehead atoms. The Balaban J connectivity index is 4.38. The summed E-state index contributed by atoms with van der Waals surface area (Å²) in [4.78, 5) is 13.8. The molecule has 0 aromatic heterocycles. The van der Waals surface area contributed by atoms with Gasteiger partial charge in [0.25, 0.3) is 0 Å². The molecule has 0 aromatic carbocycles. The molecular weight excluding hydrogens is 188 g/mol. The summed E-state index contributed by atoms with van der Waals surface area (Å²) >= 11 is 0. The minimum absolute atomic E-state index is 0.0167. The van der Waals surface area contributed by atoms with E-state index in [4.69, 9.17) is 5.26 Å². The average molecular weight is 210 g/mol. The summed E-state index contributed by atoms with van der Waals surface area (Å²) in [6.45, 7) is 7.65. The zero-order valence-electron chi connectivity index (χ0n) is 10.1. The van der Waals surface area contributed by atoms with Crippen LogP contribution in [0, 0.1) is 17.2 Å². The summed E-state index contributed by atoms with van der Waals surface area (Å²) in [7, 11) is 0. The molecule has 0 saturated carbocycles. The number of carbonyl (C=O) groups excluding carboxylic acids is 1. The Morgan fingerprint density at radius 1 is 1.20 bits per heavy atom. The average Bonchev–Trinajstić information content (AvgIpc) is 2.24. The van der Waals surface area contributed by atoms with Gasteiger partial charge in [0.2, 0.25) is 5.91 Å². The van der Waals surface area contributed by atoms with Crippen molar-refractivity contribution in [1.82, 2.24) is 4.90 Å². The van der Waals surface area contributed by atoms with E-state index in [9.17, 15) is 4.79 Å². The van der Waals surface area contributed by atoms with Crippen LogP contribution in [0.1, 0.15) is 46.5 Å². The van der Waals surface area contributed by atoms with E-state index in [1.165, 1.54) is 0 Å². The highest BCUT2D eigenvalue weighted by molar-refractivity contribution is 5.81. The monoisotopic (exact) mass is 210 g/mol. The van der Waals surface area contributed by atoms with E-state index in [1.54, 1.807) is 0 Å². The van der Waals surface area contributed by atoms with Gasteiger partial charge in [0.1, 0.15) is 5.92 Å². The molecule has 1 amide bonds. The Kier molecular flexibility index (Phi) is 7.71. The maximum absolute atomic E-state index is 11.9. The Labute approximate surface area is 93.1 Å². The summed E-state index contributed by atoms with van der Waals surface area (Å²) in [6, 6.07) is 2.11. The third-order valence-electron chi connectivity index (χ3n) is 2.33. The molecule has 0 aromatic rings. The van der Waals surface area contributed by atoms with E-state index in [0.29, 0.717) is 6.42 Å². The fraction of sp³-hybridized carbons (Fsp3) is 0.833. The van der Waals surface area contributed by atoms with Gasteiger partial charge in [-0.1, -0.05) is 27.2 Å². The number of nitriles is 1. The lowest BCUT2D eigenvalue weighted by molar-refractivity contribution is -0.134. The molecular formula is C12H22N2O. The molecule has 0 aliphatic carbocycles. The number of rotatable bonds is 7. The lowest BCUT2D eigenvalue weighted by Crippen LogP contribution is -2.36. The van der Waals surface area contributed by atoms with Gasteiger partial charge in [0, 0.05) is 13.1 Å². The van der Waals surface area contributed by atoms with Crippen molar-refractivity contribution in [3.8, 4) is 6.07 Å². The molecule has 0 N–H and O–H groups in total. The first-order valence-electron chi connectivity index (χ1n) is 5.89. The first-order valence-corrected chi connectivity index (χ1v) is 5.89. The van der Waals surface area contributed by atoms with Gasteiger partial charge in [-0.05, 0) is 19.3 Å². The Morgan fingerprint density at radius 3 is 2.07 bits per heavy atom. The summed E-state index contributed by atoms with van der Waals surface area (Å²) in [5.74, 6) is -0.420. The van der Waals surface area contributed by atoms with Gasteiger partial charge in [0.15, 0.2) is 0 Å². The Morgan fingerprint density at radius 2 is 1.73 bits per heavy atom. The third kappa shape index (κ3) is 4.83. The molecule has 1 atom stereocenters. The number of hydrogen-bond acceptors (Lipinski definition) is 2.